The van der Waals surface area contributed by atoms with E-state index < -0.39 is 0 Å². The standard InChI is InChI=1S/C18H35NO/c1-2-3-4-5-6-7-8-9-12-15-18(20)17-14-11-10-13-16-19-17/h17,19H,2-16H2,1H3. The van der Waals surface area contributed by atoms with Crippen LogP contribution in [0.15, 0.2) is 0 Å². The Balaban J connectivity index is 1.91. The van der Waals surface area contributed by atoms with Crippen molar-refractivity contribution in [2.75, 3.05) is 6.54 Å². The predicted octanol–water partition coefficient (Wildman–Crippen LogP) is 5.01. The second-order valence-electron chi connectivity index (χ2n) is 6.40. The molecule has 1 aliphatic rings. The molecule has 0 radical (unpaired) electrons. The minimum atomic E-state index is 0.173. The van der Waals surface area contributed by atoms with Gasteiger partial charge in [-0.1, -0.05) is 71.1 Å². The molecule has 1 N–H and O–H groups in total. The van der Waals surface area contributed by atoms with E-state index in [-0.39, 0.29) is 6.04 Å². The molecule has 118 valence electrons. The van der Waals surface area contributed by atoms with Gasteiger partial charge in [0.1, 0.15) is 5.78 Å². The van der Waals surface area contributed by atoms with Gasteiger partial charge in [-0.2, -0.15) is 0 Å². The molecule has 0 amide bonds. The zero-order valence-corrected chi connectivity index (χ0v) is 13.6. The highest BCUT2D eigenvalue weighted by Crippen LogP contribution is 2.14. The van der Waals surface area contributed by atoms with Crippen LogP contribution in [0.3, 0.4) is 0 Å². The molecule has 1 atom stereocenters. The van der Waals surface area contributed by atoms with Crippen molar-refractivity contribution in [2.45, 2.75) is 103 Å². The number of unbranched alkanes of at least 4 members (excludes halogenated alkanes) is 8. The van der Waals surface area contributed by atoms with Gasteiger partial charge in [0.15, 0.2) is 0 Å². The number of carbonyl (C=O) groups excluding carboxylic acids is 1. The highest BCUT2D eigenvalue weighted by atomic mass is 16.1. The van der Waals surface area contributed by atoms with Crippen molar-refractivity contribution in [3.63, 3.8) is 0 Å². The molecule has 1 fully saturated rings. The van der Waals surface area contributed by atoms with Crippen molar-refractivity contribution in [3.8, 4) is 0 Å². The minimum absolute atomic E-state index is 0.173. The Morgan fingerprint density at radius 2 is 1.55 bits per heavy atom. The first-order chi connectivity index (χ1) is 9.84. The fourth-order valence-corrected chi connectivity index (χ4v) is 3.09. The monoisotopic (exact) mass is 281 g/mol. The first-order valence-corrected chi connectivity index (χ1v) is 9.10. The molecular weight excluding hydrogens is 246 g/mol. The zero-order valence-electron chi connectivity index (χ0n) is 13.6. The van der Waals surface area contributed by atoms with Gasteiger partial charge in [0, 0.05) is 6.42 Å². The van der Waals surface area contributed by atoms with Crippen LogP contribution in [0.25, 0.3) is 0 Å². The zero-order chi connectivity index (χ0) is 14.5. The maximum atomic E-state index is 12.1. The molecule has 1 saturated heterocycles. The van der Waals surface area contributed by atoms with Gasteiger partial charge in [-0.3, -0.25) is 4.79 Å². The first kappa shape index (κ1) is 17.7. The van der Waals surface area contributed by atoms with Crippen LogP contribution in [0.2, 0.25) is 0 Å². The van der Waals surface area contributed by atoms with Crippen LogP contribution in [0, 0.1) is 0 Å². The van der Waals surface area contributed by atoms with Crippen molar-refractivity contribution >= 4 is 5.78 Å². The molecule has 0 aromatic heterocycles. The molecular formula is C18H35NO. The highest BCUT2D eigenvalue weighted by Gasteiger charge is 2.18. The molecule has 1 rings (SSSR count). The molecule has 0 spiro atoms. The summed E-state index contributed by atoms with van der Waals surface area (Å²) in [4.78, 5) is 12.1. The van der Waals surface area contributed by atoms with Crippen LogP contribution in [-0.2, 0) is 4.79 Å². The fraction of sp³-hybridized carbons (Fsp3) is 0.944. The van der Waals surface area contributed by atoms with E-state index in [4.69, 9.17) is 0 Å². The number of hydrogen-bond donors (Lipinski definition) is 1. The summed E-state index contributed by atoms with van der Waals surface area (Å²) < 4.78 is 0. The van der Waals surface area contributed by atoms with Crippen molar-refractivity contribution in [3.05, 3.63) is 0 Å². The Kier molecular flexibility index (Phi) is 10.9. The van der Waals surface area contributed by atoms with Gasteiger partial charge >= 0.3 is 0 Å². The second-order valence-corrected chi connectivity index (χ2v) is 6.40. The second kappa shape index (κ2) is 12.4. The van der Waals surface area contributed by atoms with Gasteiger partial charge < -0.3 is 5.32 Å². The Labute approximate surface area is 126 Å². The van der Waals surface area contributed by atoms with E-state index in [0.29, 0.717) is 5.78 Å². The highest BCUT2D eigenvalue weighted by molar-refractivity contribution is 5.83. The molecule has 1 heterocycles. The number of ketones is 1. The van der Waals surface area contributed by atoms with E-state index in [9.17, 15) is 4.79 Å². The summed E-state index contributed by atoms with van der Waals surface area (Å²) in [5.41, 5.74) is 0. The number of hydrogen-bond acceptors (Lipinski definition) is 2. The molecule has 2 nitrogen and oxygen atoms in total. The van der Waals surface area contributed by atoms with Crippen LogP contribution in [-0.4, -0.2) is 18.4 Å². The molecule has 0 bridgehead atoms. The minimum Gasteiger partial charge on any atom is -0.307 e. The third-order valence-electron chi connectivity index (χ3n) is 4.48. The quantitative estimate of drug-likeness (QED) is 0.539. The molecule has 0 saturated carbocycles. The van der Waals surface area contributed by atoms with Crippen LogP contribution >= 0.6 is 0 Å². The average Bonchev–Trinajstić information content (AvgIpc) is 2.74. The summed E-state index contributed by atoms with van der Waals surface area (Å²) >= 11 is 0. The fourth-order valence-electron chi connectivity index (χ4n) is 3.09. The topological polar surface area (TPSA) is 29.1 Å². The molecule has 20 heavy (non-hydrogen) atoms. The maximum absolute atomic E-state index is 12.1. The van der Waals surface area contributed by atoms with E-state index in [1.807, 2.05) is 0 Å². The molecule has 1 unspecified atom stereocenters. The van der Waals surface area contributed by atoms with Gasteiger partial charge in [0.2, 0.25) is 0 Å². The molecule has 2 heteroatoms. The smallest absolute Gasteiger partial charge is 0.149 e. The maximum Gasteiger partial charge on any atom is 0.149 e. The molecule has 1 aliphatic heterocycles. The Hall–Kier alpha value is -0.370. The third-order valence-corrected chi connectivity index (χ3v) is 4.48. The van der Waals surface area contributed by atoms with Gasteiger partial charge in [-0.25, -0.2) is 0 Å². The van der Waals surface area contributed by atoms with Gasteiger partial charge in [-0.05, 0) is 25.8 Å². The lowest BCUT2D eigenvalue weighted by atomic mass is 10.0. The van der Waals surface area contributed by atoms with E-state index in [2.05, 4.69) is 12.2 Å². The van der Waals surface area contributed by atoms with Crippen LogP contribution < -0.4 is 5.32 Å². The predicted molar refractivity (Wildman–Crippen MR) is 87.1 cm³/mol. The molecule has 0 aliphatic carbocycles. The lowest BCUT2D eigenvalue weighted by Gasteiger charge is -2.14. The summed E-state index contributed by atoms with van der Waals surface area (Å²) in [6.45, 7) is 3.30. The Morgan fingerprint density at radius 3 is 2.25 bits per heavy atom. The largest absolute Gasteiger partial charge is 0.307 e. The van der Waals surface area contributed by atoms with Crippen LogP contribution in [0.5, 0.6) is 0 Å². The molecule has 0 aromatic rings. The van der Waals surface area contributed by atoms with E-state index >= 15 is 0 Å². The SMILES string of the molecule is CCCCCCCCCCCC(=O)C1CCCCCN1. The van der Waals surface area contributed by atoms with Crippen LogP contribution in [0.1, 0.15) is 96.8 Å². The number of rotatable bonds is 11. The first-order valence-electron chi connectivity index (χ1n) is 9.10. The summed E-state index contributed by atoms with van der Waals surface area (Å²) in [5.74, 6) is 0.467. The lowest BCUT2D eigenvalue weighted by molar-refractivity contribution is -0.121. The van der Waals surface area contributed by atoms with E-state index in [1.54, 1.807) is 0 Å². The van der Waals surface area contributed by atoms with Gasteiger partial charge in [-0.15, -0.1) is 0 Å². The van der Waals surface area contributed by atoms with Crippen molar-refractivity contribution in [2.24, 2.45) is 0 Å². The Bertz CT molecular complexity index is 232. The van der Waals surface area contributed by atoms with Crippen molar-refractivity contribution in [1.29, 1.82) is 0 Å². The Morgan fingerprint density at radius 1 is 0.900 bits per heavy atom. The third kappa shape index (κ3) is 8.73. The van der Waals surface area contributed by atoms with E-state index in [1.165, 1.54) is 70.6 Å². The van der Waals surface area contributed by atoms with Gasteiger partial charge in [0.25, 0.3) is 0 Å². The van der Waals surface area contributed by atoms with Gasteiger partial charge in [0.05, 0.1) is 6.04 Å². The number of carbonyl (C=O) groups is 1. The van der Waals surface area contributed by atoms with Crippen LogP contribution in [0.4, 0.5) is 0 Å². The number of nitrogens with one attached hydrogen (secondary N) is 1. The summed E-state index contributed by atoms with van der Waals surface area (Å²) in [5, 5.41) is 3.41. The number of Topliss-reactive ketones (excluding diaryl/α,β-unsaturated/α-hetero) is 1. The summed E-state index contributed by atoms with van der Waals surface area (Å²) in [7, 11) is 0. The lowest BCUT2D eigenvalue weighted by Crippen LogP contribution is -2.35. The van der Waals surface area contributed by atoms with E-state index in [0.717, 1.165) is 25.8 Å². The summed E-state index contributed by atoms with van der Waals surface area (Å²) in [6.07, 6.45) is 17.6. The average molecular weight is 281 g/mol. The normalized spacial score (nSPS) is 19.8. The van der Waals surface area contributed by atoms with Crippen molar-refractivity contribution < 1.29 is 4.79 Å². The summed E-state index contributed by atoms with van der Waals surface area (Å²) in [6, 6.07) is 0.173. The van der Waals surface area contributed by atoms with Crippen molar-refractivity contribution in [1.82, 2.24) is 5.32 Å². The molecule has 0 aromatic carbocycles.